The first-order valence-electron chi connectivity index (χ1n) is 12.4. The smallest absolute Gasteiger partial charge is 0.337 e. The highest BCUT2D eigenvalue weighted by Crippen LogP contribution is 2.28. The number of tetrazole rings is 1. The van der Waals surface area contributed by atoms with Gasteiger partial charge in [0.15, 0.2) is 0 Å². The number of aromatic nitrogens is 7. The number of nitrogens with one attached hydrogen (secondary N) is 1. The van der Waals surface area contributed by atoms with Crippen LogP contribution in [0.4, 0.5) is 0 Å². The zero-order chi connectivity index (χ0) is 26.6. The van der Waals surface area contributed by atoms with E-state index in [1.807, 2.05) is 55.6 Å². The second kappa shape index (κ2) is 10.6. The number of carboxylic acids is 1. The highest BCUT2D eigenvalue weighted by atomic mass is 16.4. The molecule has 0 aliphatic rings. The Morgan fingerprint density at radius 2 is 1.84 bits per heavy atom. The van der Waals surface area contributed by atoms with Crippen LogP contribution in [0, 0.1) is 6.92 Å². The van der Waals surface area contributed by atoms with Gasteiger partial charge in [-0.25, -0.2) is 9.59 Å². The number of aromatic amines is 1. The standard InChI is InChI=1S/C28H27N7O3/c1-3-7-20-17-35(25-18(2)8-6-11-23(25)27(36)37)28(38)34(20)15-14-19-12-13-24(29-16-19)21-9-4-5-10-22(21)26-30-32-33-31-26/h4-6,8-13,16-17H,3,7,14-15H2,1-2H3,(H,36,37)(H,30,31,32,33). The van der Waals surface area contributed by atoms with E-state index in [9.17, 15) is 14.7 Å². The maximum Gasteiger partial charge on any atom is 0.337 e. The maximum absolute atomic E-state index is 13.5. The molecule has 3 heterocycles. The first-order valence-corrected chi connectivity index (χ1v) is 12.4. The first-order chi connectivity index (χ1) is 18.5. The fourth-order valence-electron chi connectivity index (χ4n) is 4.68. The van der Waals surface area contributed by atoms with Crippen molar-refractivity contribution in [2.45, 2.75) is 39.7 Å². The topological polar surface area (TPSA) is 132 Å². The van der Waals surface area contributed by atoms with E-state index in [-0.39, 0.29) is 11.3 Å². The van der Waals surface area contributed by atoms with Crippen molar-refractivity contribution in [2.75, 3.05) is 0 Å². The minimum atomic E-state index is -1.06. The van der Waals surface area contributed by atoms with Gasteiger partial charge in [0.25, 0.3) is 0 Å². The number of pyridine rings is 1. The molecule has 0 atom stereocenters. The third-order valence-electron chi connectivity index (χ3n) is 6.52. The van der Waals surface area contributed by atoms with Crippen LogP contribution in [0.1, 0.15) is 40.5 Å². The van der Waals surface area contributed by atoms with E-state index >= 15 is 0 Å². The van der Waals surface area contributed by atoms with Crippen LogP contribution in [-0.4, -0.2) is 45.8 Å². The summed E-state index contributed by atoms with van der Waals surface area (Å²) in [7, 11) is 0. The number of nitrogens with zero attached hydrogens (tertiary/aromatic N) is 6. The number of aromatic carboxylic acids is 1. The second-order valence-corrected chi connectivity index (χ2v) is 9.03. The molecule has 10 nitrogen and oxygen atoms in total. The Morgan fingerprint density at radius 1 is 1.03 bits per heavy atom. The number of rotatable bonds is 9. The molecule has 0 fully saturated rings. The SMILES string of the molecule is CCCc1cn(-c2c(C)cccc2C(=O)O)c(=O)n1CCc1ccc(-c2ccccc2-c2nn[nH]n2)nc1. The number of carbonyl (C=O) groups is 1. The molecule has 0 spiro atoms. The number of carboxylic acid groups (broad SMARTS) is 1. The number of hydrogen-bond donors (Lipinski definition) is 2. The quantitative estimate of drug-likeness (QED) is 0.306. The average Bonchev–Trinajstić information content (AvgIpc) is 3.56. The molecule has 0 radical (unpaired) electrons. The van der Waals surface area contributed by atoms with Gasteiger partial charge in [-0.05, 0) is 48.2 Å². The van der Waals surface area contributed by atoms with Crippen LogP contribution in [0.3, 0.4) is 0 Å². The average molecular weight is 510 g/mol. The maximum atomic E-state index is 13.5. The predicted molar refractivity (Wildman–Crippen MR) is 142 cm³/mol. The summed E-state index contributed by atoms with van der Waals surface area (Å²) in [5.41, 5.74) is 5.36. The van der Waals surface area contributed by atoms with Crippen molar-refractivity contribution in [3.8, 4) is 28.3 Å². The van der Waals surface area contributed by atoms with Crippen molar-refractivity contribution < 1.29 is 9.90 Å². The molecule has 0 aliphatic heterocycles. The minimum absolute atomic E-state index is 0.105. The Bertz CT molecular complexity index is 1630. The molecular weight excluding hydrogens is 482 g/mol. The van der Waals surface area contributed by atoms with Crippen LogP contribution >= 0.6 is 0 Å². The molecule has 3 aromatic heterocycles. The minimum Gasteiger partial charge on any atom is -0.478 e. The zero-order valence-electron chi connectivity index (χ0n) is 21.1. The number of aryl methyl sites for hydroxylation is 3. The third kappa shape index (κ3) is 4.75. The molecule has 0 saturated carbocycles. The summed E-state index contributed by atoms with van der Waals surface area (Å²) in [5.74, 6) is -0.564. The molecule has 38 heavy (non-hydrogen) atoms. The Kier molecular flexibility index (Phi) is 6.94. The van der Waals surface area contributed by atoms with Gasteiger partial charge < -0.3 is 5.11 Å². The molecule has 5 aromatic rings. The molecule has 5 rings (SSSR count). The van der Waals surface area contributed by atoms with Crippen molar-refractivity contribution in [1.29, 1.82) is 0 Å². The number of imidazole rings is 1. The van der Waals surface area contributed by atoms with Crippen LogP contribution in [0.25, 0.3) is 28.3 Å². The molecule has 0 aliphatic carbocycles. The van der Waals surface area contributed by atoms with Gasteiger partial charge in [0, 0.05) is 35.8 Å². The molecule has 0 bridgehead atoms. The monoisotopic (exact) mass is 509 g/mol. The fourth-order valence-corrected chi connectivity index (χ4v) is 4.68. The Morgan fingerprint density at radius 3 is 2.53 bits per heavy atom. The second-order valence-electron chi connectivity index (χ2n) is 9.03. The highest BCUT2D eigenvalue weighted by Gasteiger charge is 2.19. The van der Waals surface area contributed by atoms with Crippen molar-refractivity contribution >= 4 is 5.97 Å². The summed E-state index contributed by atoms with van der Waals surface area (Å²) in [6.07, 6.45) is 5.75. The van der Waals surface area contributed by atoms with Gasteiger partial charge in [-0.15, -0.1) is 10.2 Å². The lowest BCUT2D eigenvalue weighted by molar-refractivity contribution is 0.0696. The zero-order valence-corrected chi connectivity index (χ0v) is 21.1. The lowest BCUT2D eigenvalue weighted by Gasteiger charge is -2.10. The molecule has 0 saturated heterocycles. The van der Waals surface area contributed by atoms with Crippen LogP contribution in [-0.2, 0) is 19.4 Å². The number of H-pyrrole nitrogens is 1. The molecule has 2 N–H and O–H groups in total. The van der Waals surface area contributed by atoms with E-state index < -0.39 is 5.97 Å². The van der Waals surface area contributed by atoms with Crippen molar-refractivity contribution in [3.63, 3.8) is 0 Å². The van der Waals surface area contributed by atoms with E-state index in [1.165, 1.54) is 10.6 Å². The summed E-state index contributed by atoms with van der Waals surface area (Å²) in [4.78, 5) is 30.0. The summed E-state index contributed by atoms with van der Waals surface area (Å²) in [6, 6.07) is 16.7. The lowest BCUT2D eigenvalue weighted by Crippen LogP contribution is -2.26. The first kappa shape index (κ1) is 24.8. The van der Waals surface area contributed by atoms with E-state index in [1.54, 1.807) is 16.8 Å². The van der Waals surface area contributed by atoms with Crippen molar-refractivity contribution in [1.82, 2.24) is 34.7 Å². The van der Waals surface area contributed by atoms with Crippen LogP contribution in [0.15, 0.2) is 71.8 Å². The molecule has 192 valence electrons. The third-order valence-corrected chi connectivity index (χ3v) is 6.52. The van der Waals surface area contributed by atoms with Crippen molar-refractivity contribution in [3.05, 3.63) is 99.9 Å². The van der Waals surface area contributed by atoms with E-state index in [4.69, 9.17) is 0 Å². The Hall–Kier alpha value is -4.86. The van der Waals surface area contributed by atoms with E-state index in [0.29, 0.717) is 30.9 Å². The van der Waals surface area contributed by atoms with Gasteiger partial charge in [-0.2, -0.15) is 5.21 Å². The van der Waals surface area contributed by atoms with Gasteiger partial charge in [0.2, 0.25) is 5.82 Å². The van der Waals surface area contributed by atoms with Crippen LogP contribution in [0.5, 0.6) is 0 Å². The molecule has 0 unspecified atom stereocenters. The Labute approximate surface area is 218 Å². The van der Waals surface area contributed by atoms with E-state index in [2.05, 4.69) is 32.5 Å². The van der Waals surface area contributed by atoms with Gasteiger partial charge in [0.05, 0.1) is 16.9 Å². The number of benzene rings is 2. The summed E-state index contributed by atoms with van der Waals surface area (Å²) in [5, 5.41) is 24.0. The van der Waals surface area contributed by atoms with Gasteiger partial charge >= 0.3 is 11.7 Å². The summed E-state index contributed by atoms with van der Waals surface area (Å²) >= 11 is 0. The van der Waals surface area contributed by atoms with Crippen LogP contribution < -0.4 is 5.69 Å². The molecule has 0 amide bonds. The van der Waals surface area contributed by atoms with Gasteiger partial charge in [0.1, 0.15) is 0 Å². The fraction of sp³-hybridized carbons (Fsp3) is 0.214. The normalized spacial score (nSPS) is 11.1. The van der Waals surface area contributed by atoms with E-state index in [0.717, 1.165) is 40.1 Å². The van der Waals surface area contributed by atoms with Gasteiger partial charge in [-0.1, -0.05) is 55.8 Å². The summed E-state index contributed by atoms with van der Waals surface area (Å²) in [6.45, 7) is 4.32. The number of hydrogen-bond acceptors (Lipinski definition) is 6. The Balaban J connectivity index is 1.42. The van der Waals surface area contributed by atoms with Gasteiger partial charge in [-0.3, -0.25) is 14.1 Å². The summed E-state index contributed by atoms with van der Waals surface area (Å²) < 4.78 is 3.21. The molecule has 10 heteroatoms. The molecular formula is C28H27N7O3. The number of para-hydroxylation sites is 1. The van der Waals surface area contributed by atoms with Crippen LogP contribution in [0.2, 0.25) is 0 Å². The lowest BCUT2D eigenvalue weighted by atomic mass is 10.0. The predicted octanol–water partition coefficient (Wildman–Crippen LogP) is 4.08. The largest absolute Gasteiger partial charge is 0.478 e. The van der Waals surface area contributed by atoms with Crippen molar-refractivity contribution in [2.24, 2.45) is 0 Å². The highest BCUT2D eigenvalue weighted by molar-refractivity contribution is 5.92. The molecule has 2 aromatic carbocycles.